The lowest BCUT2D eigenvalue weighted by Gasteiger charge is -2.13. The Morgan fingerprint density at radius 2 is 1.66 bits per heavy atom. The molecular formula is C22H25Br2N3O4S. The van der Waals surface area contributed by atoms with E-state index in [9.17, 15) is 9.59 Å². The molecule has 3 N–H and O–H groups in total. The van der Waals surface area contributed by atoms with E-state index in [0.29, 0.717) is 34.1 Å². The molecule has 0 spiro atoms. The number of thiocarbonyl (C=S) groups is 1. The standard InChI is InChI=1S/C22H25Br2N3O4S/c1-4-14-5-7-18(16(23)9-14)31-12-20(28)26-27-22(32)25-21(29)15-6-8-19(17(24)10-15)30-11-13(2)3/h5-10,13H,4,11-12H2,1-3H3,(H,26,28)(H2,25,27,29,32). The van der Waals surface area contributed by atoms with Gasteiger partial charge in [0, 0.05) is 5.56 Å². The molecule has 0 fully saturated rings. The van der Waals surface area contributed by atoms with Crippen molar-refractivity contribution in [2.24, 2.45) is 5.92 Å². The lowest BCUT2D eigenvalue weighted by molar-refractivity contribution is -0.123. The predicted molar refractivity (Wildman–Crippen MR) is 135 cm³/mol. The highest BCUT2D eigenvalue weighted by Gasteiger charge is 2.12. The smallest absolute Gasteiger partial charge is 0.276 e. The Kier molecular flexibility index (Phi) is 10.4. The van der Waals surface area contributed by atoms with Crippen LogP contribution in [0.15, 0.2) is 45.3 Å². The van der Waals surface area contributed by atoms with E-state index >= 15 is 0 Å². The summed E-state index contributed by atoms with van der Waals surface area (Å²) in [6.45, 7) is 6.51. The number of halogens is 2. The van der Waals surface area contributed by atoms with Crippen LogP contribution in [0.4, 0.5) is 0 Å². The lowest BCUT2D eigenvalue weighted by Crippen LogP contribution is -2.49. The SMILES string of the molecule is CCc1ccc(OCC(=O)NNC(=S)NC(=O)c2ccc(OCC(C)C)c(Br)c2)c(Br)c1. The van der Waals surface area contributed by atoms with Crippen LogP contribution in [0.5, 0.6) is 11.5 Å². The third-order valence-corrected chi connectivity index (χ3v) is 5.52. The summed E-state index contributed by atoms with van der Waals surface area (Å²) in [5, 5.41) is 2.45. The van der Waals surface area contributed by atoms with Crippen molar-refractivity contribution in [2.45, 2.75) is 27.2 Å². The van der Waals surface area contributed by atoms with Gasteiger partial charge in [-0.2, -0.15) is 0 Å². The number of hydrogen-bond acceptors (Lipinski definition) is 5. The molecule has 0 unspecified atom stereocenters. The lowest BCUT2D eigenvalue weighted by atomic mass is 10.2. The van der Waals surface area contributed by atoms with Crippen molar-refractivity contribution in [3.63, 3.8) is 0 Å². The summed E-state index contributed by atoms with van der Waals surface area (Å²) in [4.78, 5) is 24.4. The Hall–Kier alpha value is -2.17. The maximum atomic E-state index is 12.4. The van der Waals surface area contributed by atoms with E-state index in [1.165, 1.54) is 0 Å². The number of ether oxygens (including phenoxy) is 2. The molecule has 32 heavy (non-hydrogen) atoms. The minimum Gasteiger partial charge on any atom is -0.492 e. The van der Waals surface area contributed by atoms with E-state index < -0.39 is 11.8 Å². The van der Waals surface area contributed by atoms with Crippen LogP contribution in [0.1, 0.15) is 36.7 Å². The highest BCUT2D eigenvalue weighted by atomic mass is 79.9. The zero-order valence-corrected chi connectivity index (χ0v) is 21.9. The van der Waals surface area contributed by atoms with Crippen molar-refractivity contribution < 1.29 is 19.1 Å². The van der Waals surface area contributed by atoms with Crippen LogP contribution in [0.25, 0.3) is 0 Å². The number of aryl methyl sites for hydroxylation is 1. The second kappa shape index (κ2) is 12.8. The quantitative estimate of drug-likeness (QED) is 0.311. The fourth-order valence-corrected chi connectivity index (χ4v) is 3.59. The number of hydrazine groups is 1. The Bertz CT molecular complexity index is 986. The summed E-state index contributed by atoms with van der Waals surface area (Å²) in [6.07, 6.45) is 0.902. The number of rotatable bonds is 8. The number of carbonyl (C=O) groups is 2. The highest BCUT2D eigenvalue weighted by Crippen LogP contribution is 2.27. The Balaban J connectivity index is 1.79. The average Bonchev–Trinajstić information content (AvgIpc) is 2.75. The van der Waals surface area contributed by atoms with Crippen molar-refractivity contribution in [1.82, 2.24) is 16.2 Å². The molecule has 0 saturated heterocycles. The summed E-state index contributed by atoms with van der Waals surface area (Å²) in [5.74, 6) is 0.711. The third-order valence-electron chi connectivity index (χ3n) is 4.07. The normalized spacial score (nSPS) is 10.4. The first-order valence-electron chi connectivity index (χ1n) is 9.93. The van der Waals surface area contributed by atoms with Crippen molar-refractivity contribution >= 4 is 61.0 Å². The van der Waals surface area contributed by atoms with Crippen LogP contribution < -0.4 is 25.6 Å². The molecule has 10 heteroatoms. The van der Waals surface area contributed by atoms with Gasteiger partial charge in [-0.15, -0.1) is 0 Å². The van der Waals surface area contributed by atoms with Gasteiger partial charge in [0.2, 0.25) is 0 Å². The van der Waals surface area contributed by atoms with E-state index in [0.717, 1.165) is 16.5 Å². The molecule has 0 heterocycles. The highest BCUT2D eigenvalue weighted by molar-refractivity contribution is 9.10. The molecule has 0 aliphatic heterocycles. The largest absolute Gasteiger partial charge is 0.492 e. The fraction of sp³-hybridized carbons (Fsp3) is 0.318. The molecule has 172 valence electrons. The third kappa shape index (κ3) is 8.40. The van der Waals surface area contributed by atoms with Gasteiger partial charge in [-0.3, -0.25) is 25.8 Å². The number of amides is 2. The van der Waals surface area contributed by atoms with Crippen LogP contribution in [0.2, 0.25) is 0 Å². The zero-order chi connectivity index (χ0) is 23.7. The van der Waals surface area contributed by atoms with Crippen LogP contribution in [0.3, 0.4) is 0 Å². The first-order chi connectivity index (χ1) is 15.2. The maximum absolute atomic E-state index is 12.4. The molecule has 0 saturated carbocycles. The van der Waals surface area contributed by atoms with Crippen LogP contribution in [-0.2, 0) is 11.2 Å². The van der Waals surface area contributed by atoms with Gasteiger partial charge in [0.15, 0.2) is 11.7 Å². The molecule has 0 atom stereocenters. The number of hydrogen-bond donors (Lipinski definition) is 3. The number of carbonyl (C=O) groups excluding carboxylic acids is 2. The second-order valence-corrected chi connectivity index (χ2v) is 9.33. The van der Waals surface area contributed by atoms with Gasteiger partial charge in [-0.05, 0) is 92.3 Å². The summed E-state index contributed by atoms with van der Waals surface area (Å²) >= 11 is 11.9. The molecule has 2 aromatic rings. The summed E-state index contributed by atoms with van der Waals surface area (Å²) in [5.41, 5.74) is 6.40. The zero-order valence-electron chi connectivity index (χ0n) is 18.0. The summed E-state index contributed by atoms with van der Waals surface area (Å²) < 4.78 is 12.6. The van der Waals surface area contributed by atoms with Gasteiger partial charge in [-0.25, -0.2) is 0 Å². The summed E-state index contributed by atoms with van der Waals surface area (Å²) in [6, 6.07) is 10.7. The molecule has 2 rings (SSSR count). The molecule has 0 aliphatic carbocycles. The van der Waals surface area contributed by atoms with Gasteiger partial charge in [0.1, 0.15) is 11.5 Å². The van der Waals surface area contributed by atoms with E-state index in [4.69, 9.17) is 21.7 Å². The van der Waals surface area contributed by atoms with E-state index in [1.807, 2.05) is 12.1 Å². The first kappa shape index (κ1) is 26.1. The number of benzene rings is 2. The minimum atomic E-state index is -0.456. The van der Waals surface area contributed by atoms with Crippen LogP contribution in [0, 0.1) is 5.92 Å². The Labute approximate surface area is 209 Å². The summed E-state index contributed by atoms with van der Waals surface area (Å²) in [7, 11) is 0. The van der Waals surface area contributed by atoms with Crippen molar-refractivity contribution in [1.29, 1.82) is 0 Å². The fourth-order valence-electron chi connectivity index (χ4n) is 2.41. The van der Waals surface area contributed by atoms with Gasteiger partial charge in [0.05, 0.1) is 15.6 Å². The minimum absolute atomic E-state index is 0.0481. The predicted octanol–water partition coefficient (Wildman–Crippen LogP) is 4.52. The number of nitrogens with one attached hydrogen (secondary N) is 3. The molecule has 7 nitrogen and oxygen atoms in total. The van der Waals surface area contributed by atoms with E-state index in [1.54, 1.807) is 24.3 Å². The molecule has 0 radical (unpaired) electrons. The average molecular weight is 587 g/mol. The van der Waals surface area contributed by atoms with Crippen molar-refractivity contribution in [3.8, 4) is 11.5 Å². The molecule has 0 bridgehead atoms. The van der Waals surface area contributed by atoms with Gasteiger partial charge >= 0.3 is 0 Å². The molecule has 2 amide bonds. The Morgan fingerprint density at radius 3 is 2.28 bits per heavy atom. The second-order valence-electron chi connectivity index (χ2n) is 7.21. The van der Waals surface area contributed by atoms with Crippen molar-refractivity contribution in [3.05, 3.63) is 56.5 Å². The first-order valence-corrected chi connectivity index (χ1v) is 11.9. The monoisotopic (exact) mass is 585 g/mol. The van der Waals surface area contributed by atoms with Crippen LogP contribution in [-0.4, -0.2) is 30.1 Å². The van der Waals surface area contributed by atoms with Crippen LogP contribution >= 0.6 is 44.1 Å². The van der Waals surface area contributed by atoms with E-state index in [-0.39, 0.29) is 11.7 Å². The van der Waals surface area contributed by atoms with Gasteiger partial charge in [0.25, 0.3) is 11.8 Å². The topological polar surface area (TPSA) is 88.7 Å². The molecule has 0 aliphatic rings. The van der Waals surface area contributed by atoms with Gasteiger partial charge in [-0.1, -0.05) is 26.8 Å². The Morgan fingerprint density at radius 1 is 1.00 bits per heavy atom. The van der Waals surface area contributed by atoms with E-state index in [2.05, 4.69) is 68.8 Å². The molecule has 0 aromatic heterocycles. The van der Waals surface area contributed by atoms with Crippen molar-refractivity contribution in [2.75, 3.05) is 13.2 Å². The maximum Gasteiger partial charge on any atom is 0.276 e. The van der Waals surface area contributed by atoms with Gasteiger partial charge < -0.3 is 9.47 Å². The molecule has 2 aromatic carbocycles. The molecular weight excluding hydrogens is 562 g/mol.